The van der Waals surface area contributed by atoms with Gasteiger partial charge >= 0.3 is 0 Å². The second-order valence-electron chi connectivity index (χ2n) is 5.66. The molecule has 1 aliphatic heterocycles. The molecule has 1 saturated heterocycles. The van der Waals surface area contributed by atoms with Crippen LogP contribution >= 0.6 is 15.9 Å². The average molecular weight is 362 g/mol. The number of nitrogens with one attached hydrogen (secondary N) is 1. The van der Waals surface area contributed by atoms with Crippen LogP contribution in [0, 0.1) is 12.3 Å². The predicted molar refractivity (Wildman–Crippen MR) is 82.2 cm³/mol. The van der Waals surface area contributed by atoms with Crippen molar-refractivity contribution in [2.75, 3.05) is 19.8 Å². The SMILES string of the molecule is Cc1ccc(Br)cc1S(=O)(=O)NCC1(C)CCOCC1. The zero-order chi connectivity index (χ0) is 14.8. The third-order valence-electron chi connectivity index (χ3n) is 3.83. The van der Waals surface area contributed by atoms with Crippen LogP contribution in [0.3, 0.4) is 0 Å². The lowest BCUT2D eigenvalue weighted by molar-refractivity contribution is 0.0264. The number of benzene rings is 1. The number of aryl methyl sites for hydroxylation is 1. The molecule has 0 saturated carbocycles. The highest BCUT2D eigenvalue weighted by atomic mass is 79.9. The number of halogens is 1. The van der Waals surface area contributed by atoms with E-state index in [2.05, 4.69) is 27.6 Å². The maximum absolute atomic E-state index is 12.4. The molecule has 1 aromatic carbocycles. The predicted octanol–water partition coefficient (Wildman–Crippen LogP) is 2.85. The summed E-state index contributed by atoms with van der Waals surface area (Å²) in [5.41, 5.74) is 0.725. The molecular formula is C14H20BrNO3S. The molecule has 1 fully saturated rings. The van der Waals surface area contributed by atoms with E-state index in [4.69, 9.17) is 4.74 Å². The Kier molecular flexibility index (Phi) is 4.89. The van der Waals surface area contributed by atoms with Gasteiger partial charge in [-0.3, -0.25) is 0 Å². The minimum absolute atomic E-state index is 0.0226. The summed E-state index contributed by atoms with van der Waals surface area (Å²) in [6.07, 6.45) is 1.76. The molecule has 1 N–H and O–H groups in total. The number of hydrogen-bond donors (Lipinski definition) is 1. The van der Waals surface area contributed by atoms with Gasteiger partial charge in [0.05, 0.1) is 4.90 Å². The highest BCUT2D eigenvalue weighted by molar-refractivity contribution is 9.10. The van der Waals surface area contributed by atoms with Gasteiger partial charge in [-0.05, 0) is 42.9 Å². The second kappa shape index (κ2) is 6.13. The highest BCUT2D eigenvalue weighted by Crippen LogP contribution is 2.29. The van der Waals surface area contributed by atoms with Crippen molar-refractivity contribution in [3.8, 4) is 0 Å². The number of sulfonamides is 1. The molecule has 4 nitrogen and oxygen atoms in total. The molecule has 1 aliphatic rings. The molecule has 0 aliphatic carbocycles. The lowest BCUT2D eigenvalue weighted by atomic mass is 9.83. The summed E-state index contributed by atoms with van der Waals surface area (Å²) in [7, 11) is -3.47. The second-order valence-corrected chi connectivity index (χ2v) is 8.31. The first kappa shape index (κ1) is 15.9. The molecule has 0 atom stereocenters. The molecular weight excluding hydrogens is 342 g/mol. The van der Waals surface area contributed by atoms with E-state index in [0.717, 1.165) is 22.9 Å². The summed E-state index contributed by atoms with van der Waals surface area (Å²) in [6, 6.07) is 5.28. The minimum atomic E-state index is -3.47. The fraction of sp³-hybridized carbons (Fsp3) is 0.571. The van der Waals surface area contributed by atoms with Gasteiger partial charge in [-0.2, -0.15) is 0 Å². The van der Waals surface area contributed by atoms with Crippen molar-refractivity contribution in [3.63, 3.8) is 0 Å². The number of hydrogen-bond acceptors (Lipinski definition) is 3. The van der Waals surface area contributed by atoms with E-state index in [1.165, 1.54) is 0 Å². The van der Waals surface area contributed by atoms with Crippen molar-refractivity contribution >= 4 is 26.0 Å². The summed E-state index contributed by atoms with van der Waals surface area (Å²) in [5, 5.41) is 0. The molecule has 1 aromatic rings. The van der Waals surface area contributed by atoms with Crippen LogP contribution < -0.4 is 4.72 Å². The molecule has 20 heavy (non-hydrogen) atoms. The molecule has 0 bridgehead atoms. The monoisotopic (exact) mass is 361 g/mol. The standard InChI is InChI=1S/C14H20BrNO3S/c1-11-3-4-12(15)9-13(11)20(17,18)16-10-14(2)5-7-19-8-6-14/h3-4,9,16H,5-8,10H2,1-2H3. The molecule has 112 valence electrons. The molecule has 0 spiro atoms. The third kappa shape index (κ3) is 3.81. The summed E-state index contributed by atoms with van der Waals surface area (Å²) < 4.78 is 33.7. The Morgan fingerprint density at radius 2 is 2.00 bits per heavy atom. The Morgan fingerprint density at radius 3 is 2.65 bits per heavy atom. The first-order valence-corrected chi connectivity index (χ1v) is 8.94. The fourth-order valence-electron chi connectivity index (χ4n) is 2.25. The van der Waals surface area contributed by atoms with E-state index < -0.39 is 10.0 Å². The largest absolute Gasteiger partial charge is 0.381 e. The van der Waals surface area contributed by atoms with Crippen LogP contribution in [0.5, 0.6) is 0 Å². The molecule has 0 aromatic heterocycles. The third-order valence-corrected chi connectivity index (χ3v) is 5.87. The Morgan fingerprint density at radius 1 is 1.35 bits per heavy atom. The lowest BCUT2D eigenvalue weighted by Gasteiger charge is -2.33. The van der Waals surface area contributed by atoms with Crippen LogP contribution in [0.2, 0.25) is 0 Å². The van der Waals surface area contributed by atoms with Gasteiger partial charge in [0.2, 0.25) is 10.0 Å². The van der Waals surface area contributed by atoms with Gasteiger partial charge in [0.1, 0.15) is 0 Å². The van der Waals surface area contributed by atoms with Crippen LogP contribution in [0.1, 0.15) is 25.3 Å². The zero-order valence-corrected chi connectivity index (χ0v) is 14.2. The lowest BCUT2D eigenvalue weighted by Crippen LogP contribution is -2.39. The maximum Gasteiger partial charge on any atom is 0.240 e. The average Bonchev–Trinajstić information content (AvgIpc) is 2.40. The minimum Gasteiger partial charge on any atom is -0.381 e. The van der Waals surface area contributed by atoms with Crippen LogP contribution in [0.4, 0.5) is 0 Å². The Hall–Kier alpha value is -0.430. The molecule has 2 rings (SSSR count). The number of rotatable bonds is 4. The van der Waals surface area contributed by atoms with Gasteiger partial charge in [0, 0.05) is 24.2 Å². The highest BCUT2D eigenvalue weighted by Gasteiger charge is 2.29. The van der Waals surface area contributed by atoms with E-state index in [9.17, 15) is 8.42 Å². The first-order valence-electron chi connectivity index (χ1n) is 6.66. The van der Waals surface area contributed by atoms with Crippen LogP contribution in [0.25, 0.3) is 0 Å². The summed E-state index contributed by atoms with van der Waals surface area (Å²) in [4.78, 5) is 0.336. The first-order chi connectivity index (χ1) is 9.32. The summed E-state index contributed by atoms with van der Waals surface area (Å²) >= 11 is 3.32. The van der Waals surface area contributed by atoms with Gasteiger partial charge in [0.15, 0.2) is 0 Å². The van der Waals surface area contributed by atoms with E-state index in [1.807, 2.05) is 6.07 Å². The van der Waals surface area contributed by atoms with Crippen LogP contribution in [-0.2, 0) is 14.8 Å². The van der Waals surface area contributed by atoms with Crippen molar-refractivity contribution < 1.29 is 13.2 Å². The van der Waals surface area contributed by atoms with Crippen molar-refractivity contribution in [2.45, 2.75) is 31.6 Å². The van der Waals surface area contributed by atoms with Crippen molar-refractivity contribution in [3.05, 3.63) is 28.2 Å². The topological polar surface area (TPSA) is 55.4 Å². The summed E-state index contributed by atoms with van der Waals surface area (Å²) in [6.45, 7) is 5.76. The fourth-order valence-corrected chi connectivity index (χ4v) is 4.23. The van der Waals surface area contributed by atoms with E-state index in [-0.39, 0.29) is 5.41 Å². The Bertz CT molecular complexity index is 580. The van der Waals surface area contributed by atoms with Crippen molar-refractivity contribution in [1.29, 1.82) is 0 Å². The molecule has 0 unspecified atom stereocenters. The Labute approximate surface area is 129 Å². The van der Waals surface area contributed by atoms with Gasteiger partial charge in [-0.25, -0.2) is 13.1 Å². The molecule has 0 amide bonds. The molecule has 1 heterocycles. The quantitative estimate of drug-likeness (QED) is 0.896. The van der Waals surface area contributed by atoms with Gasteiger partial charge < -0.3 is 4.74 Å². The molecule has 6 heteroatoms. The normalized spacial score (nSPS) is 18.9. The summed E-state index contributed by atoms with van der Waals surface area (Å²) in [5.74, 6) is 0. The van der Waals surface area contributed by atoms with Gasteiger partial charge in [-0.1, -0.05) is 28.9 Å². The van der Waals surface area contributed by atoms with Gasteiger partial charge in [-0.15, -0.1) is 0 Å². The van der Waals surface area contributed by atoms with E-state index >= 15 is 0 Å². The van der Waals surface area contributed by atoms with E-state index in [1.54, 1.807) is 19.1 Å². The van der Waals surface area contributed by atoms with Crippen molar-refractivity contribution in [1.82, 2.24) is 4.72 Å². The maximum atomic E-state index is 12.4. The smallest absolute Gasteiger partial charge is 0.240 e. The van der Waals surface area contributed by atoms with Crippen molar-refractivity contribution in [2.24, 2.45) is 5.41 Å². The molecule has 0 radical (unpaired) electrons. The van der Waals surface area contributed by atoms with Crippen LogP contribution in [0.15, 0.2) is 27.6 Å². The Balaban J connectivity index is 2.13. The van der Waals surface area contributed by atoms with Gasteiger partial charge in [0.25, 0.3) is 0 Å². The zero-order valence-electron chi connectivity index (χ0n) is 11.8. The van der Waals surface area contributed by atoms with E-state index in [0.29, 0.717) is 24.7 Å². The van der Waals surface area contributed by atoms with Crippen LogP contribution in [-0.4, -0.2) is 28.2 Å². The number of ether oxygens (including phenoxy) is 1.